The van der Waals surface area contributed by atoms with Gasteiger partial charge < -0.3 is 15.6 Å². The van der Waals surface area contributed by atoms with Gasteiger partial charge in [-0.3, -0.25) is 14.6 Å². The molecule has 0 saturated heterocycles. The lowest BCUT2D eigenvalue weighted by Crippen LogP contribution is -2.33. The molecule has 6 rings (SSSR count). The summed E-state index contributed by atoms with van der Waals surface area (Å²) in [5.41, 5.74) is 9.54. The third-order valence-corrected chi connectivity index (χ3v) is 6.82. The number of amides is 1. The van der Waals surface area contributed by atoms with Gasteiger partial charge in [0.25, 0.3) is 5.78 Å². The molecule has 0 fully saturated rings. The minimum absolute atomic E-state index is 0.167. The number of halogens is 3. The van der Waals surface area contributed by atoms with Crippen molar-refractivity contribution in [3.8, 4) is 22.4 Å². The minimum atomic E-state index is -5.06. The standard InChI is InChI=1S/C28H19F3N6O2/c1-2-21(38)36-20-12-37-24(18-10-15(7-8-17(18)20)25(39)28(29,30)31)22(23-26(32)34-13-35-27(23)37)16-9-14-5-3-4-6-19(14)33-11-16/h2-11,13,20H,1,12H2,(H,36,38)(H2,32,34,35). The number of fused-ring (bicyclic) bond motifs is 6. The Morgan fingerprint density at radius 2 is 1.90 bits per heavy atom. The summed E-state index contributed by atoms with van der Waals surface area (Å²) in [5.74, 6) is -2.27. The molecule has 39 heavy (non-hydrogen) atoms. The van der Waals surface area contributed by atoms with Crippen LogP contribution < -0.4 is 11.1 Å². The number of nitrogen functional groups attached to an aromatic ring is 1. The van der Waals surface area contributed by atoms with Crippen LogP contribution in [0.2, 0.25) is 0 Å². The molecule has 8 nitrogen and oxygen atoms in total. The number of carbonyl (C=O) groups is 2. The highest BCUT2D eigenvalue weighted by molar-refractivity contribution is 6.10. The molecule has 1 amide bonds. The number of alkyl halides is 3. The van der Waals surface area contributed by atoms with E-state index in [1.165, 1.54) is 18.5 Å². The fourth-order valence-corrected chi connectivity index (χ4v) is 5.14. The summed E-state index contributed by atoms with van der Waals surface area (Å²) >= 11 is 0. The number of benzene rings is 2. The molecule has 0 aliphatic carbocycles. The lowest BCUT2D eigenvalue weighted by Gasteiger charge is -2.29. The molecule has 0 bridgehead atoms. The van der Waals surface area contributed by atoms with Gasteiger partial charge in [0, 0.05) is 40.4 Å². The van der Waals surface area contributed by atoms with Gasteiger partial charge in [0.2, 0.25) is 5.91 Å². The fraction of sp³-hybridized carbons (Fsp3) is 0.107. The second-order valence-electron chi connectivity index (χ2n) is 9.10. The summed E-state index contributed by atoms with van der Waals surface area (Å²) in [4.78, 5) is 37.7. The van der Waals surface area contributed by atoms with E-state index in [0.717, 1.165) is 23.0 Å². The monoisotopic (exact) mass is 528 g/mol. The second-order valence-corrected chi connectivity index (χ2v) is 9.10. The molecular weight excluding hydrogens is 509 g/mol. The van der Waals surface area contributed by atoms with Crippen molar-refractivity contribution in [2.75, 3.05) is 5.73 Å². The van der Waals surface area contributed by atoms with E-state index in [2.05, 4.69) is 26.8 Å². The number of carbonyl (C=O) groups excluding carboxylic acids is 2. The smallest absolute Gasteiger partial charge is 0.383 e. The van der Waals surface area contributed by atoms with Gasteiger partial charge in [0.1, 0.15) is 17.8 Å². The van der Waals surface area contributed by atoms with E-state index >= 15 is 0 Å². The summed E-state index contributed by atoms with van der Waals surface area (Å²) in [6, 6.07) is 12.5. The molecule has 4 heterocycles. The van der Waals surface area contributed by atoms with E-state index in [4.69, 9.17) is 5.73 Å². The molecule has 3 aromatic heterocycles. The predicted octanol–water partition coefficient (Wildman–Crippen LogP) is 5.00. The number of nitrogens with one attached hydrogen (secondary N) is 1. The van der Waals surface area contributed by atoms with Crippen LogP contribution in [-0.2, 0) is 11.3 Å². The predicted molar refractivity (Wildman–Crippen MR) is 140 cm³/mol. The molecule has 194 valence electrons. The fourth-order valence-electron chi connectivity index (χ4n) is 5.14. The average molecular weight is 528 g/mol. The molecule has 5 aromatic rings. The number of pyridine rings is 1. The maximum absolute atomic E-state index is 13.4. The van der Waals surface area contributed by atoms with Gasteiger partial charge in [0.15, 0.2) is 0 Å². The molecular formula is C28H19F3N6O2. The lowest BCUT2D eigenvalue weighted by atomic mass is 9.88. The van der Waals surface area contributed by atoms with Crippen molar-refractivity contribution in [1.82, 2.24) is 24.8 Å². The SMILES string of the molecule is C=CC(=O)NC1Cn2c(c(-c3cnc4ccccc4c3)c3c(N)ncnc32)-c2cc(C(=O)C(F)(F)F)ccc21. The van der Waals surface area contributed by atoms with Crippen LogP contribution in [-0.4, -0.2) is 37.4 Å². The highest BCUT2D eigenvalue weighted by atomic mass is 19.4. The van der Waals surface area contributed by atoms with Crippen LogP contribution in [0, 0.1) is 0 Å². The molecule has 3 N–H and O–H groups in total. The van der Waals surface area contributed by atoms with Gasteiger partial charge >= 0.3 is 6.18 Å². The van der Waals surface area contributed by atoms with Crippen LogP contribution in [0.25, 0.3) is 44.3 Å². The van der Waals surface area contributed by atoms with Crippen LogP contribution in [0.3, 0.4) is 0 Å². The first kappa shape index (κ1) is 24.3. The summed E-state index contributed by atoms with van der Waals surface area (Å²) in [5, 5.41) is 4.15. The largest absolute Gasteiger partial charge is 0.454 e. The maximum Gasteiger partial charge on any atom is 0.454 e. The first-order chi connectivity index (χ1) is 18.7. The van der Waals surface area contributed by atoms with E-state index in [0.29, 0.717) is 39.0 Å². The molecule has 0 spiro atoms. The highest BCUT2D eigenvalue weighted by Gasteiger charge is 2.40. The summed E-state index contributed by atoms with van der Waals surface area (Å²) in [7, 11) is 0. The Balaban J connectivity index is 1.69. The number of hydrogen-bond donors (Lipinski definition) is 2. The molecule has 0 saturated carbocycles. The van der Waals surface area contributed by atoms with Gasteiger partial charge in [-0.2, -0.15) is 13.2 Å². The number of rotatable bonds is 4. The van der Waals surface area contributed by atoms with Crippen molar-refractivity contribution in [1.29, 1.82) is 0 Å². The van der Waals surface area contributed by atoms with Gasteiger partial charge in [0.05, 0.1) is 22.6 Å². The Bertz CT molecular complexity index is 1840. The molecule has 1 unspecified atom stereocenters. The topological polar surface area (TPSA) is 116 Å². The number of hydrogen-bond acceptors (Lipinski definition) is 6. The van der Waals surface area contributed by atoms with Crippen molar-refractivity contribution in [2.24, 2.45) is 0 Å². The lowest BCUT2D eigenvalue weighted by molar-refractivity contribution is -0.117. The van der Waals surface area contributed by atoms with Crippen LogP contribution in [0.4, 0.5) is 19.0 Å². The number of anilines is 1. The Morgan fingerprint density at radius 1 is 1.10 bits per heavy atom. The third-order valence-electron chi connectivity index (χ3n) is 6.82. The number of para-hydroxylation sites is 1. The van der Waals surface area contributed by atoms with E-state index in [9.17, 15) is 22.8 Å². The summed E-state index contributed by atoms with van der Waals surface area (Å²) in [6.45, 7) is 3.69. The number of aromatic nitrogens is 4. The quantitative estimate of drug-likeness (QED) is 0.251. The number of nitrogens with zero attached hydrogens (tertiary/aromatic N) is 4. The van der Waals surface area contributed by atoms with Gasteiger partial charge in [-0.15, -0.1) is 0 Å². The zero-order valence-corrected chi connectivity index (χ0v) is 20.2. The minimum Gasteiger partial charge on any atom is -0.383 e. The van der Waals surface area contributed by atoms with Crippen molar-refractivity contribution in [2.45, 2.75) is 18.8 Å². The van der Waals surface area contributed by atoms with Crippen molar-refractivity contribution >= 4 is 39.4 Å². The molecule has 1 aliphatic rings. The van der Waals surface area contributed by atoms with Gasteiger partial charge in [-0.05, 0) is 29.8 Å². The third kappa shape index (κ3) is 3.90. The zero-order chi connectivity index (χ0) is 27.5. The molecule has 1 aliphatic heterocycles. The Kier molecular flexibility index (Phi) is 5.45. The van der Waals surface area contributed by atoms with Crippen molar-refractivity contribution in [3.05, 3.63) is 84.8 Å². The molecule has 0 radical (unpaired) electrons. The van der Waals surface area contributed by atoms with E-state index in [-0.39, 0.29) is 12.4 Å². The van der Waals surface area contributed by atoms with Crippen LogP contribution in [0.15, 0.2) is 73.7 Å². The van der Waals surface area contributed by atoms with Gasteiger partial charge in [-0.1, -0.05) is 36.9 Å². The Labute approximate surface area is 219 Å². The first-order valence-electron chi connectivity index (χ1n) is 11.8. The Morgan fingerprint density at radius 3 is 2.67 bits per heavy atom. The van der Waals surface area contributed by atoms with Crippen molar-refractivity contribution < 1.29 is 22.8 Å². The summed E-state index contributed by atoms with van der Waals surface area (Å²) < 4.78 is 42.0. The molecule has 1 atom stereocenters. The maximum atomic E-state index is 13.4. The zero-order valence-electron chi connectivity index (χ0n) is 20.2. The van der Waals surface area contributed by atoms with E-state index < -0.39 is 29.5 Å². The summed E-state index contributed by atoms with van der Waals surface area (Å²) in [6.07, 6.45) is -1.01. The second kappa shape index (κ2) is 8.76. The number of ketones is 1. The van der Waals surface area contributed by atoms with E-state index in [1.807, 2.05) is 30.3 Å². The average Bonchev–Trinajstić information content (AvgIpc) is 3.27. The van der Waals surface area contributed by atoms with Crippen LogP contribution in [0.5, 0.6) is 0 Å². The number of nitrogens with two attached hydrogens (primary N) is 1. The highest BCUT2D eigenvalue weighted by Crippen LogP contribution is 2.48. The van der Waals surface area contributed by atoms with Gasteiger partial charge in [-0.25, -0.2) is 9.97 Å². The van der Waals surface area contributed by atoms with Crippen LogP contribution in [0.1, 0.15) is 22.0 Å². The number of Topliss-reactive ketones (excluding diaryl/α,β-unsaturated/α-hetero) is 1. The normalized spacial score (nSPS) is 14.6. The Hall–Kier alpha value is -5.06. The van der Waals surface area contributed by atoms with E-state index in [1.54, 1.807) is 10.8 Å². The van der Waals surface area contributed by atoms with Crippen LogP contribution >= 0.6 is 0 Å². The molecule has 2 aromatic carbocycles. The molecule has 11 heteroatoms. The first-order valence-corrected chi connectivity index (χ1v) is 11.8. The van der Waals surface area contributed by atoms with Crippen molar-refractivity contribution in [3.63, 3.8) is 0 Å².